The Labute approximate surface area is 133 Å². The number of aryl methyl sites for hydroxylation is 1. The molecule has 2 rings (SSSR count). The van der Waals surface area contributed by atoms with Crippen LogP contribution >= 0.6 is 33.9 Å². The van der Waals surface area contributed by atoms with Crippen LogP contribution in [-0.4, -0.2) is 35.5 Å². The van der Waals surface area contributed by atoms with Crippen LogP contribution in [0.25, 0.3) is 0 Å². The zero-order chi connectivity index (χ0) is 14.7. The van der Waals surface area contributed by atoms with E-state index in [1.807, 2.05) is 0 Å². The molecule has 0 aliphatic rings. The minimum Gasteiger partial charge on any atom is -0.360 e. The van der Waals surface area contributed by atoms with Gasteiger partial charge in [-0.1, -0.05) is 5.16 Å². The van der Waals surface area contributed by atoms with Gasteiger partial charge in [-0.15, -0.1) is 11.3 Å². The second kappa shape index (κ2) is 6.35. The van der Waals surface area contributed by atoms with E-state index in [1.54, 1.807) is 31.5 Å². The fourth-order valence-electron chi connectivity index (χ4n) is 1.54. The summed E-state index contributed by atoms with van der Waals surface area (Å²) in [6, 6.07) is 3.41. The zero-order valence-electron chi connectivity index (χ0n) is 10.8. The standard InChI is InChI=1S/C12H12IN3O3S/c1-7-3-10(15-19-7)14-11(17)5-16(2)12(18)8-4-9(13)20-6-8/h3-4,6H,5H2,1-2H3,(H,14,15,17). The van der Waals surface area contributed by atoms with Gasteiger partial charge in [-0.05, 0) is 35.6 Å². The number of thiophene rings is 1. The summed E-state index contributed by atoms with van der Waals surface area (Å²) >= 11 is 3.64. The normalized spacial score (nSPS) is 10.3. The number of likely N-dealkylation sites (N-methyl/N-ethyl adjacent to an activating group) is 1. The lowest BCUT2D eigenvalue weighted by atomic mass is 10.3. The summed E-state index contributed by atoms with van der Waals surface area (Å²) in [6.07, 6.45) is 0. The maximum Gasteiger partial charge on any atom is 0.254 e. The predicted molar refractivity (Wildman–Crippen MR) is 83.9 cm³/mol. The monoisotopic (exact) mass is 405 g/mol. The number of aromatic nitrogens is 1. The van der Waals surface area contributed by atoms with Crippen molar-refractivity contribution in [1.82, 2.24) is 10.1 Å². The van der Waals surface area contributed by atoms with E-state index in [0.717, 1.165) is 2.88 Å². The Morgan fingerprint density at radius 3 is 2.80 bits per heavy atom. The SMILES string of the molecule is Cc1cc(NC(=O)CN(C)C(=O)c2csc(I)c2)no1. The maximum absolute atomic E-state index is 12.1. The molecule has 6 nitrogen and oxygen atoms in total. The summed E-state index contributed by atoms with van der Waals surface area (Å²) < 4.78 is 5.87. The van der Waals surface area contributed by atoms with Crippen molar-refractivity contribution in [3.63, 3.8) is 0 Å². The average Bonchev–Trinajstić information content (AvgIpc) is 2.97. The lowest BCUT2D eigenvalue weighted by molar-refractivity contribution is -0.116. The van der Waals surface area contributed by atoms with Gasteiger partial charge in [-0.3, -0.25) is 9.59 Å². The second-order valence-electron chi connectivity index (χ2n) is 4.17. The van der Waals surface area contributed by atoms with E-state index >= 15 is 0 Å². The fourth-order valence-corrected chi connectivity index (χ4v) is 2.86. The molecule has 2 aromatic heterocycles. The van der Waals surface area contributed by atoms with E-state index in [9.17, 15) is 9.59 Å². The third kappa shape index (κ3) is 3.79. The van der Waals surface area contributed by atoms with E-state index in [4.69, 9.17) is 4.52 Å². The fraction of sp³-hybridized carbons (Fsp3) is 0.250. The molecule has 20 heavy (non-hydrogen) atoms. The van der Waals surface area contributed by atoms with E-state index in [2.05, 4.69) is 33.1 Å². The highest BCUT2D eigenvalue weighted by molar-refractivity contribution is 14.1. The molecule has 0 saturated heterocycles. The molecule has 106 valence electrons. The van der Waals surface area contributed by atoms with E-state index in [1.165, 1.54) is 16.2 Å². The van der Waals surface area contributed by atoms with Gasteiger partial charge in [0.25, 0.3) is 5.91 Å². The number of hydrogen-bond donors (Lipinski definition) is 1. The van der Waals surface area contributed by atoms with Gasteiger partial charge in [0, 0.05) is 18.5 Å². The summed E-state index contributed by atoms with van der Waals surface area (Å²) in [5.74, 6) is 0.450. The number of amides is 2. The third-order valence-corrected chi connectivity index (χ3v) is 4.23. The lowest BCUT2D eigenvalue weighted by Crippen LogP contribution is -2.34. The molecule has 0 radical (unpaired) electrons. The molecule has 8 heteroatoms. The highest BCUT2D eigenvalue weighted by Gasteiger charge is 2.16. The molecule has 0 fully saturated rings. The molecular weight excluding hydrogens is 393 g/mol. The Hall–Kier alpha value is -1.42. The topological polar surface area (TPSA) is 75.4 Å². The molecule has 0 aliphatic heterocycles. The van der Waals surface area contributed by atoms with Crippen molar-refractivity contribution in [2.75, 3.05) is 18.9 Å². The Bertz CT molecular complexity index is 637. The van der Waals surface area contributed by atoms with E-state index in [-0.39, 0.29) is 18.4 Å². The number of halogens is 1. The van der Waals surface area contributed by atoms with Gasteiger partial charge < -0.3 is 14.7 Å². The van der Waals surface area contributed by atoms with Gasteiger partial charge in [0.15, 0.2) is 5.82 Å². The van der Waals surface area contributed by atoms with Crippen LogP contribution in [0.1, 0.15) is 16.1 Å². The maximum atomic E-state index is 12.1. The van der Waals surface area contributed by atoms with Crippen LogP contribution in [0.2, 0.25) is 0 Å². The molecule has 2 amide bonds. The van der Waals surface area contributed by atoms with Crippen LogP contribution in [-0.2, 0) is 4.79 Å². The van der Waals surface area contributed by atoms with Crippen LogP contribution < -0.4 is 5.32 Å². The molecule has 1 N–H and O–H groups in total. The first-order valence-electron chi connectivity index (χ1n) is 5.68. The first-order valence-corrected chi connectivity index (χ1v) is 7.64. The van der Waals surface area contributed by atoms with Crippen LogP contribution in [0.15, 0.2) is 22.0 Å². The minimum atomic E-state index is -0.320. The van der Waals surface area contributed by atoms with E-state index in [0.29, 0.717) is 17.1 Å². The molecule has 0 unspecified atom stereocenters. The van der Waals surface area contributed by atoms with Crippen molar-refractivity contribution in [2.45, 2.75) is 6.92 Å². The molecule has 2 aromatic rings. The number of anilines is 1. The largest absolute Gasteiger partial charge is 0.360 e. The molecule has 0 atom stereocenters. The zero-order valence-corrected chi connectivity index (χ0v) is 13.8. The Morgan fingerprint density at radius 2 is 2.25 bits per heavy atom. The van der Waals surface area contributed by atoms with Gasteiger partial charge >= 0.3 is 0 Å². The molecule has 0 spiro atoms. The van der Waals surface area contributed by atoms with Crippen LogP contribution in [0.5, 0.6) is 0 Å². The van der Waals surface area contributed by atoms with Crippen molar-refractivity contribution in [3.05, 3.63) is 31.7 Å². The highest BCUT2D eigenvalue weighted by atomic mass is 127. The Kier molecular flexibility index (Phi) is 4.76. The highest BCUT2D eigenvalue weighted by Crippen LogP contribution is 2.17. The molecule has 2 heterocycles. The van der Waals surface area contributed by atoms with Crippen LogP contribution in [0.3, 0.4) is 0 Å². The van der Waals surface area contributed by atoms with Crippen molar-refractivity contribution in [1.29, 1.82) is 0 Å². The first-order chi connectivity index (χ1) is 9.45. The Morgan fingerprint density at radius 1 is 1.50 bits per heavy atom. The quantitative estimate of drug-likeness (QED) is 0.793. The van der Waals surface area contributed by atoms with Gasteiger partial charge in [0.2, 0.25) is 5.91 Å². The van der Waals surface area contributed by atoms with Crippen molar-refractivity contribution in [2.24, 2.45) is 0 Å². The summed E-state index contributed by atoms with van der Waals surface area (Å²) in [6.45, 7) is 1.69. The molecular formula is C12H12IN3O3S. The summed E-state index contributed by atoms with van der Waals surface area (Å²) in [5.41, 5.74) is 0.590. The summed E-state index contributed by atoms with van der Waals surface area (Å²) in [7, 11) is 1.58. The van der Waals surface area contributed by atoms with Crippen molar-refractivity contribution in [3.8, 4) is 0 Å². The Balaban J connectivity index is 1.92. The first kappa shape index (κ1) is 15.0. The van der Waals surface area contributed by atoms with E-state index < -0.39 is 0 Å². The minimum absolute atomic E-state index is 0.0445. The number of hydrogen-bond acceptors (Lipinski definition) is 5. The van der Waals surface area contributed by atoms with Gasteiger partial charge in [-0.25, -0.2) is 0 Å². The number of nitrogens with zero attached hydrogens (tertiary/aromatic N) is 2. The molecule has 0 aromatic carbocycles. The summed E-state index contributed by atoms with van der Waals surface area (Å²) in [4.78, 5) is 25.2. The van der Waals surface area contributed by atoms with Gasteiger partial charge in [-0.2, -0.15) is 0 Å². The average molecular weight is 405 g/mol. The van der Waals surface area contributed by atoms with Crippen LogP contribution in [0.4, 0.5) is 5.82 Å². The van der Waals surface area contributed by atoms with Crippen LogP contribution in [0, 0.1) is 9.81 Å². The molecule has 0 saturated carbocycles. The predicted octanol–water partition coefficient (Wildman–Crippen LogP) is 2.36. The lowest BCUT2D eigenvalue weighted by Gasteiger charge is -2.15. The molecule has 0 bridgehead atoms. The summed E-state index contributed by atoms with van der Waals surface area (Å²) in [5, 5.41) is 8.01. The number of carbonyl (C=O) groups is 2. The number of rotatable bonds is 4. The number of carbonyl (C=O) groups excluding carboxylic acids is 2. The van der Waals surface area contributed by atoms with Gasteiger partial charge in [0.05, 0.1) is 15.0 Å². The second-order valence-corrected chi connectivity index (χ2v) is 6.98. The van der Waals surface area contributed by atoms with Crippen molar-refractivity contribution >= 4 is 51.6 Å². The molecule has 0 aliphatic carbocycles. The van der Waals surface area contributed by atoms with Gasteiger partial charge in [0.1, 0.15) is 5.76 Å². The smallest absolute Gasteiger partial charge is 0.254 e. The third-order valence-electron chi connectivity index (χ3n) is 2.44. The number of nitrogens with one attached hydrogen (secondary N) is 1. The van der Waals surface area contributed by atoms with Crippen molar-refractivity contribution < 1.29 is 14.1 Å².